The molecule has 1 aromatic carbocycles. The molecule has 1 saturated heterocycles. The molecular weight excluding hydrogens is 327 g/mol. The molecule has 130 valence electrons. The molecule has 2 amide bonds. The van der Waals surface area contributed by atoms with Gasteiger partial charge in [-0.1, -0.05) is 30.1 Å². The van der Waals surface area contributed by atoms with Gasteiger partial charge in [0.25, 0.3) is 0 Å². The third-order valence-corrected chi connectivity index (χ3v) is 5.08. The number of halogens is 1. The second kappa shape index (κ2) is 6.68. The number of benzene rings is 1. The van der Waals surface area contributed by atoms with Crippen LogP contribution in [0.5, 0.6) is 0 Å². The van der Waals surface area contributed by atoms with E-state index < -0.39 is 0 Å². The molecule has 3 aliphatic rings. The van der Waals surface area contributed by atoms with Gasteiger partial charge < -0.3 is 4.90 Å². The molecule has 2 atom stereocenters. The number of allylic oxidation sites excluding steroid dienone is 7. The Labute approximate surface area is 152 Å². The van der Waals surface area contributed by atoms with Crippen molar-refractivity contribution in [2.45, 2.75) is 24.9 Å². The third kappa shape index (κ3) is 2.97. The van der Waals surface area contributed by atoms with E-state index in [9.17, 15) is 9.18 Å². The Balaban J connectivity index is 1.60. The molecule has 1 aliphatic heterocycles. The van der Waals surface area contributed by atoms with Crippen LogP contribution in [-0.4, -0.2) is 35.0 Å². The number of fused-ring (bicyclic) bond motifs is 1. The number of hydrogen-bond acceptors (Lipinski definition) is 1. The lowest BCUT2D eigenvalue weighted by Gasteiger charge is -2.35. The monoisotopic (exact) mass is 346 g/mol. The van der Waals surface area contributed by atoms with Crippen LogP contribution in [-0.2, 0) is 0 Å². The Morgan fingerprint density at radius 1 is 1.08 bits per heavy atom. The van der Waals surface area contributed by atoms with Crippen LogP contribution in [0.15, 0.2) is 72.0 Å². The Morgan fingerprint density at radius 3 is 2.62 bits per heavy atom. The SMILES string of the molecule is CN1C(=O)N(C2=C/C=C(C#Cc3cccc(F)c3)\C=C\C=C\2)[C@@H]2CC[C@@H]21. The average Bonchev–Trinajstić information content (AvgIpc) is 2.73. The Kier molecular flexibility index (Phi) is 4.22. The smallest absolute Gasteiger partial charge is 0.322 e. The molecule has 0 spiro atoms. The number of hydrogen-bond donors (Lipinski definition) is 0. The van der Waals surface area contributed by atoms with E-state index in [4.69, 9.17) is 0 Å². The maximum absolute atomic E-state index is 13.3. The molecule has 0 radical (unpaired) electrons. The fourth-order valence-corrected chi connectivity index (χ4v) is 3.53. The highest BCUT2D eigenvalue weighted by atomic mass is 19.1. The maximum atomic E-state index is 13.3. The summed E-state index contributed by atoms with van der Waals surface area (Å²) >= 11 is 0. The number of amides is 2. The molecular formula is C22H19FN2O. The van der Waals surface area contributed by atoms with Crippen molar-refractivity contribution in [2.24, 2.45) is 0 Å². The summed E-state index contributed by atoms with van der Waals surface area (Å²) in [5, 5.41) is 0. The van der Waals surface area contributed by atoms with Crippen molar-refractivity contribution in [3.63, 3.8) is 0 Å². The summed E-state index contributed by atoms with van der Waals surface area (Å²) < 4.78 is 13.3. The van der Waals surface area contributed by atoms with E-state index in [0.29, 0.717) is 11.6 Å². The second-order valence-corrected chi connectivity index (χ2v) is 6.67. The lowest BCUT2D eigenvalue weighted by atomic mass is 9.86. The molecule has 4 heteroatoms. The van der Waals surface area contributed by atoms with E-state index in [-0.39, 0.29) is 17.9 Å². The number of nitrogens with zero attached hydrogens (tertiary/aromatic N) is 2. The van der Waals surface area contributed by atoms with Gasteiger partial charge in [-0.15, -0.1) is 0 Å². The van der Waals surface area contributed by atoms with E-state index in [0.717, 1.165) is 24.1 Å². The summed E-state index contributed by atoms with van der Waals surface area (Å²) in [4.78, 5) is 16.3. The van der Waals surface area contributed by atoms with Crippen molar-refractivity contribution >= 4 is 6.03 Å². The first kappa shape index (κ1) is 16.4. The lowest BCUT2D eigenvalue weighted by Crippen LogP contribution is -2.44. The number of likely N-dealkylation sites (N-methyl/N-ethyl adjacent to an activating group) is 1. The minimum absolute atomic E-state index is 0.0544. The van der Waals surface area contributed by atoms with Gasteiger partial charge in [0, 0.05) is 23.9 Å². The summed E-state index contributed by atoms with van der Waals surface area (Å²) in [5.41, 5.74) is 2.32. The van der Waals surface area contributed by atoms with E-state index in [1.165, 1.54) is 12.1 Å². The minimum Gasteiger partial charge on any atom is -0.322 e. The normalized spacial score (nSPS) is 30.5. The molecule has 4 rings (SSSR count). The number of carbonyl (C=O) groups excluding carboxylic acids is 1. The maximum Gasteiger partial charge on any atom is 0.324 e. The average molecular weight is 346 g/mol. The van der Waals surface area contributed by atoms with E-state index >= 15 is 0 Å². The summed E-state index contributed by atoms with van der Waals surface area (Å²) in [6.07, 6.45) is 13.6. The van der Waals surface area contributed by atoms with Crippen molar-refractivity contribution in [1.82, 2.24) is 9.80 Å². The van der Waals surface area contributed by atoms with Crippen LogP contribution in [0.25, 0.3) is 0 Å². The standard InChI is InChI=1S/C22H19FN2O/c1-24-20-13-14-21(20)25(22(24)26)19-8-3-2-5-16(11-12-19)9-10-17-6-4-7-18(23)15-17/h2-8,11-12,15,20-21H,13-14H2,1H3/b3-2?,5-2+,8-3+,12-11?,16-5?,16-11+,19-8?,19-12+/t20-,21+/m0/s1. The van der Waals surface area contributed by atoms with Gasteiger partial charge in [0.1, 0.15) is 5.82 Å². The fraction of sp³-hybridized carbons (Fsp3) is 0.227. The van der Waals surface area contributed by atoms with Crippen LogP contribution < -0.4 is 0 Å². The first-order valence-electron chi connectivity index (χ1n) is 8.74. The third-order valence-electron chi connectivity index (χ3n) is 5.08. The number of rotatable bonds is 1. The Bertz CT molecular complexity index is 929. The molecule has 26 heavy (non-hydrogen) atoms. The van der Waals surface area contributed by atoms with Crippen LogP contribution in [0.3, 0.4) is 0 Å². The summed E-state index contributed by atoms with van der Waals surface area (Å²) in [5.74, 6) is 5.75. The molecule has 1 heterocycles. The van der Waals surface area contributed by atoms with Crippen molar-refractivity contribution in [3.8, 4) is 11.8 Å². The van der Waals surface area contributed by atoms with Crippen molar-refractivity contribution in [1.29, 1.82) is 0 Å². The largest absolute Gasteiger partial charge is 0.324 e. The predicted octanol–water partition coefficient (Wildman–Crippen LogP) is 4.01. The van der Waals surface area contributed by atoms with Gasteiger partial charge in [-0.25, -0.2) is 9.18 Å². The van der Waals surface area contributed by atoms with Gasteiger partial charge in [-0.3, -0.25) is 4.90 Å². The van der Waals surface area contributed by atoms with Crippen LogP contribution in [0.4, 0.5) is 9.18 Å². The Morgan fingerprint density at radius 2 is 1.88 bits per heavy atom. The number of carbonyl (C=O) groups is 1. The highest BCUT2D eigenvalue weighted by molar-refractivity contribution is 5.81. The lowest BCUT2D eigenvalue weighted by molar-refractivity contribution is 0.189. The molecule has 2 fully saturated rings. The summed E-state index contributed by atoms with van der Waals surface area (Å²) in [7, 11) is 1.87. The zero-order valence-electron chi connectivity index (χ0n) is 14.5. The molecule has 0 aromatic heterocycles. The zero-order valence-corrected chi connectivity index (χ0v) is 14.5. The van der Waals surface area contributed by atoms with Gasteiger partial charge in [0.2, 0.25) is 0 Å². The molecule has 2 aliphatic carbocycles. The van der Waals surface area contributed by atoms with Gasteiger partial charge >= 0.3 is 6.03 Å². The van der Waals surface area contributed by atoms with Gasteiger partial charge in [-0.05, 0) is 55.3 Å². The van der Waals surface area contributed by atoms with Crippen molar-refractivity contribution < 1.29 is 9.18 Å². The van der Waals surface area contributed by atoms with E-state index in [1.54, 1.807) is 12.1 Å². The van der Waals surface area contributed by atoms with Crippen LogP contribution in [0.1, 0.15) is 18.4 Å². The summed E-state index contributed by atoms with van der Waals surface area (Å²) in [6, 6.07) is 6.89. The number of urea groups is 1. The summed E-state index contributed by atoms with van der Waals surface area (Å²) in [6.45, 7) is 0. The molecule has 1 saturated carbocycles. The molecule has 0 N–H and O–H groups in total. The van der Waals surface area contributed by atoms with Gasteiger partial charge in [0.15, 0.2) is 0 Å². The minimum atomic E-state index is -0.296. The molecule has 0 unspecified atom stereocenters. The van der Waals surface area contributed by atoms with Gasteiger partial charge in [-0.2, -0.15) is 0 Å². The van der Waals surface area contributed by atoms with E-state index in [2.05, 4.69) is 11.8 Å². The fourth-order valence-electron chi connectivity index (χ4n) is 3.53. The van der Waals surface area contributed by atoms with E-state index in [1.807, 2.05) is 53.3 Å². The van der Waals surface area contributed by atoms with Crippen molar-refractivity contribution in [2.75, 3.05) is 7.05 Å². The molecule has 1 aromatic rings. The quantitative estimate of drug-likeness (QED) is 0.705. The second-order valence-electron chi connectivity index (χ2n) is 6.67. The van der Waals surface area contributed by atoms with Crippen LogP contribution in [0.2, 0.25) is 0 Å². The molecule has 0 bridgehead atoms. The predicted molar refractivity (Wildman–Crippen MR) is 99.5 cm³/mol. The highest BCUT2D eigenvalue weighted by Gasteiger charge is 2.50. The van der Waals surface area contributed by atoms with Gasteiger partial charge in [0.05, 0.1) is 12.1 Å². The zero-order chi connectivity index (χ0) is 18.1. The van der Waals surface area contributed by atoms with Crippen LogP contribution in [0, 0.1) is 17.7 Å². The first-order chi connectivity index (χ1) is 12.6. The van der Waals surface area contributed by atoms with Crippen molar-refractivity contribution in [3.05, 3.63) is 83.4 Å². The molecule has 3 nitrogen and oxygen atoms in total. The topological polar surface area (TPSA) is 23.6 Å². The van der Waals surface area contributed by atoms with Crippen LogP contribution >= 0.6 is 0 Å². The Hall–Kier alpha value is -3.06. The highest BCUT2D eigenvalue weighted by Crippen LogP contribution is 2.39. The first-order valence-corrected chi connectivity index (χ1v) is 8.74.